The minimum atomic E-state index is -0.324. The highest BCUT2D eigenvalue weighted by Gasteiger charge is 2.19. The number of hydrogen-bond acceptors (Lipinski definition) is 4. The molecule has 0 unspecified atom stereocenters. The van der Waals surface area contributed by atoms with Gasteiger partial charge in [-0.25, -0.2) is 0 Å². The zero-order chi connectivity index (χ0) is 14.0. The molecule has 0 saturated heterocycles. The number of carbonyl (C=O) groups excluding carboxylic acids is 1. The minimum absolute atomic E-state index is 0.191. The van der Waals surface area contributed by atoms with Gasteiger partial charge in [-0.1, -0.05) is 13.8 Å². The summed E-state index contributed by atoms with van der Waals surface area (Å²) in [5, 5.41) is 9.57. The predicted octanol–water partition coefficient (Wildman–Crippen LogP) is 2.07. The molecule has 2 aromatic rings. The number of nitrogens with zero attached hydrogens (tertiary/aromatic N) is 2. The Labute approximate surface area is 111 Å². The first-order chi connectivity index (χ1) is 9.00. The summed E-state index contributed by atoms with van der Waals surface area (Å²) in [6.45, 7) is 5.84. The molecule has 0 bridgehead atoms. The van der Waals surface area contributed by atoms with Crippen LogP contribution in [-0.4, -0.2) is 21.1 Å². The van der Waals surface area contributed by atoms with Gasteiger partial charge in [0.1, 0.15) is 0 Å². The van der Waals surface area contributed by atoms with Gasteiger partial charge in [0.2, 0.25) is 0 Å². The zero-order valence-corrected chi connectivity index (χ0v) is 11.2. The summed E-state index contributed by atoms with van der Waals surface area (Å²) in [7, 11) is 0. The Morgan fingerprint density at radius 2 is 2.21 bits per heavy atom. The van der Waals surface area contributed by atoms with Crippen molar-refractivity contribution in [3.8, 4) is 0 Å². The lowest BCUT2D eigenvalue weighted by Crippen LogP contribution is -2.15. The first-order valence-electron chi connectivity index (χ1n) is 6.06. The third-order valence-corrected chi connectivity index (χ3v) is 2.89. The molecule has 6 nitrogen and oxygen atoms in total. The quantitative estimate of drug-likeness (QED) is 0.786. The second-order valence-electron chi connectivity index (χ2n) is 4.70. The molecular weight excluding hydrogens is 242 g/mol. The van der Waals surface area contributed by atoms with Crippen molar-refractivity contribution in [1.82, 2.24) is 15.2 Å². The molecule has 1 amide bonds. The summed E-state index contributed by atoms with van der Waals surface area (Å²) in [6.07, 6.45) is 3.30. The molecule has 0 saturated carbocycles. The predicted molar refractivity (Wildman–Crippen MR) is 74.0 cm³/mol. The van der Waals surface area contributed by atoms with Crippen molar-refractivity contribution in [2.24, 2.45) is 0 Å². The van der Waals surface area contributed by atoms with E-state index in [9.17, 15) is 4.79 Å². The van der Waals surface area contributed by atoms with Crippen molar-refractivity contribution in [2.45, 2.75) is 26.7 Å². The van der Waals surface area contributed by atoms with Gasteiger partial charge in [-0.2, -0.15) is 5.10 Å². The van der Waals surface area contributed by atoms with Crippen LogP contribution in [0.15, 0.2) is 18.5 Å². The number of rotatable bonds is 3. The van der Waals surface area contributed by atoms with Crippen LogP contribution in [0.2, 0.25) is 0 Å². The maximum atomic E-state index is 12.1. The Bertz CT molecular complexity index is 603. The van der Waals surface area contributed by atoms with E-state index in [0.717, 1.165) is 11.3 Å². The molecule has 0 spiro atoms. The van der Waals surface area contributed by atoms with E-state index in [4.69, 9.17) is 5.73 Å². The van der Waals surface area contributed by atoms with E-state index in [0.29, 0.717) is 11.4 Å². The normalized spacial score (nSPS) is 10.7. The van der Waals surface area contributed by atoms with Crippen LogP contribution in [0, 0.1) is 6.92 Å². The van der Waals surface area contributed by atoms with Gasteiger partial charge in [0.05, 0.1) is 11.4 Å². The molecule has 0 aromatic carbocycles. The molecule has 0 radical (unpaired) electrons. The van der Waals surface area contributed by atoms with Crippen LogP contribution in [0.3, 0.4) is 0 Å². The average molecular weight is 259 g/mol. The van der Waals surface area contributed by atoms with E-state index in [1.54, 1.807) is 18.5 Å². The second kappa shape index (κ2) is 5.09. The standard InChI is InChI=1S/C13H17N5O/c1-7(2)11-10(14)12(18-17-11)13(19)16-9-4-5-15-6-8(9)3/h4-7H,14H2,1-3H3,(H,17,18)(H,15,16,19). The summed E-state index contributed by atoms with van der Waals surface area (Å²) < 4.78 is 0. The molecule has 0 atom stereocenters. The highest BCUT2D eigenvalue weighted by atomic mass is 16.2. The number of anilines is 2. The van der Waals surface area contributed by atoms with Crippen LogP contribution in [0.5, 0.6) is 0 Å². The number of aromatic nitrogens is 3. The smallest absolute Gasteiger partial charge is 0.278 e. The van der Waals surface area contributed by atoms with Gasteiger partial charge in [0.25, 0.3) is 5.91 Å². The molecule has 6 heteroatoms. The monoisotopic (exact) mass is 259 g/mol. The van der Waals surface area contributed by atoms with Crippen LogP contribution in [0.4, 0.5) is 11.4 Å². The van der Waals surface area contributed by atoms with E-state index in [1.807, 2.05) is 20.8 Å². The Kier molecular flexibility index (Phi) is 3.50. The van der Waals surface area contributed by atoms with Crippen LogP contribution >= 0.6 is 0 Å². The molecule has 4 N–H and O–H groups in total. The molecule has 0 fully saturated rings. The van der Waals surface area contributed by atoms with E-state index in [1.165, 1.54) is 0 Å². The van der Waals surface area contributed by atoms with Gasteiger partial charge in [-0.3, -0.25) is 14.9 Å². The number of nitrogen functional groups attached to an aromatic ring is 1. The zero-order valence-electron chi connectivity index (χ0n) is 11.2. The molecule has 2 aromatic heterocycles. The molecule has 2 heterocycles. The van der Waals surface area contributed by atoms with Gasteiger partial charge in [0, 0.05) is 18.1 Å². The number of nitrogens with two attached hydrogens (primary N) is 1. The first-order valence-corrected chi connectivity index (χ1v) is 6.06. The van der Waals surface area contributed by atoms with Crippen molar-refractivity contribution in [3.63, 3.8) is 0 Å². The van der Waals surface area contributed by atoms with Crippen molar-refractivity contribution in [2.75, 3.05) is 11.1 Å². The molecule has 0 aliphatic heterocycles. The number of aryl methyl sites for hydroxylation is 1. The Morgan fingerprint density at radius 1 is 1.47 bits per heavy atom. The van der Waals surface area contributed by atoms with E-state index in [2.05, 4.69) is 20.5 Å². The fourth-order valence-electron chi connectivity index (χ4n) is 1.77. The average Bonchev–Trinajstić information content (AvgIpc) is 2.74. The first kappa shape index (κ1) is 13.1. The topological polar surface area (TPSA) is 96.7 Å². The third kappa shape index (κ3) is 2.57. The summed E-state index contributed by atoms with van der Waals surface area (Å²) >= 11 is 0. The van der Waals surface area contributed by atoms with Crippen LogP contribution in [0.1, 0.15) is 41.5 Å². The van der Waals surface area contributed by atoms with Gasteiger partial charge in [-0.15, -0.1) is 0 Å². The fraction of sp³-hybridized carbons (Fsp3) is 0.308. The number of amides is 1. The largest absolute Gasteiger partial charge is 0.395 e. The minimum Gasteiger partial charge on any atom is -0.395 e. The van der Waals surface area contributed by atoms with Gasteiger partial charge < -0.3 is 11.1 Å². The van der Waals surface area contributed by atoms with Crippen molar-refractivity contribution >= 4 is 17.3 Å². The SMILES string of the molecule is Cc1cnccc1NC(=O)c1n[nH]c(C(C)C)c1N. The van der Waals surface area contributed by atoms with Crippen LogP contribution < -0.4 is 11.1 Å². The van der Waals surface area contributed by atoms with Crippen molar-refractivity contribution < 1.29 is 4.79 Å². The maximum absolute atomic E-state index is 12.1. The van der Waals surface area contributed by atoms with Gasteiger partial charge in [0.15, 0.2) is 5.69 Å². The van der Waals surface area contributed by atoms with Crippen LogP contribution in [-0.2, 0) is 0 Å². The maximum Gasteiger partial charge on any atom is 0.278 e. The second-order valence-corrected chi connectivity index (χ2v) is 4.70. The van der Waals surface area contributed by atoms with E-state index >= 15 is 0 Å². The summed E-state index contributed by atoms with van der Waals surface area (Å²) in [6, 6.07) is 1.74. The molecule has 2 rings (SSSR count). The number of nitrogens with one attached hydrogen (secondary N) is 2. The summed E-state index contributed by atoms with van der Waals surface area (Å²) in [4.78, 5) is 16.1. The third-order valence-electron chi connectivity index (χ3n) is 2.89. The number of hydrogen-bond donors (Lipinski definition) is 3. The van der Waals surface area contributed by atoms with Gasteiger partial charge in [-0.05, 0) is 24.5 Å². The van der Waals surface area contributed by atoms with E-state index < -0.39 is 0 Å². The summed E-state index contributed by atoms with van der Waals surface area (Å²) in [5.74, 6) is -0.133. The Morgan fingerprint density at radius 3 is 2.79 bits per heavy atom. The highest BCUT2D eigenvalue weighted by molar-refractivity contribution is 6.06. The van der Waals surface area contributed by atoms with Crippen molar-refractivity contribution in [3.05, 3.63) is 35.4 Å². The number of carbonyl (C=O) groups is 1. The molecular formula is C13H17N5O. The number of H-pyrrole nitrogens is 1. The van der Waals surface area contributed by atoms with Crippen LogP contribution in [0.25, 0.3) is 0 Å². The number of aromatic amines is 1. The molecule has 0 aliphatic carbocycles. The molecule has 100 valence electrons. The van der Waals surface area contributed by atoms with Gasteiger partial charge >= 0.3 is 0 Å². The molecule has 19 heavy (non-hydrogen) atoms. The lowest BCUT2D eigenvalue weighted by molar-refractivity contribution is 0.102. The highest BCUT2D eigenvalue weighted by Crippen LogP contribution is 2.23. The molecule has 0 aliphatic rings. The Hall–Kier alpha value is -2.37. The lowest BCUT2D eigenvalue weighted by Gasteiger charge is -2.07. The fourth-order valence-corrected chi connectivity index (χ4v) is 1.77. The Balaban J connectivity index is 2.24. The lowest BCUT2D eigenvalue weighted by atomic mass is 10.1. The van der Waals surface area contributed by atoms with Crippen molar-refractivity contribution in [1.29, 1.82) is 0 Å². The summed E-state index contributed by atoms with van der Waals surface area (Å²) in [5.41, 5.74) is 8.91. The van der Waals surface area contributed by atoms with E-state index in [-0.39, 0.29) is 17.5 Å². The number of pyridine rings is 1.